The van der Waals surface area contributed by atoms with Gasteiger partial charge in [0.25, 0.3) is 0 Å². The highest BCUT2D eigenvalue weighted by Crippen LogP contribution is 1.78. The summed E-state index contributed by atoms with van der Waals surface area (Å²) in [4.78, 5) is 0. The highest BCUT2D eigenvalue weighted by Gasteiger charge is 1.93. The second kappa shape index (κ2) is 5.09. The maximum atomic E-state index is 8.21. The molecule has 0 saturated heterocycles. The van der Waals surface area contributed by atoms with Crippen LogP contribution in [0.5, 0.6) is 0 Å². The largest absolute Gasteiger partial charge is 0.409 e. The number of hydrogen-bond acceptors (Lipinski definition) is 5. The van der Waals surface area contributed by atoms with Crippen LogP contribution >= 0.6 is 0 Å². The Balaban J connectivity index is 2.08. The van der Waals surface area contributed by atoms with Crippen molar-refractivity contribution in [2.75, 3.05) is 13.1 Å². The van der Waals surface area contributed by atoms with E-state index in [-0.39, 0.29) is 5.84 Å². The summed E-state index contributed by atoms with van der Waals surface area (Å²) in [6.07, 6.45) is 3.38. The second-order valence-corrected chi connectivity index (χ2v) is 2.43. The minimum absolute atomic E-state index is 0.165. The van der Waals surface area contributed by atoms with Crippen molar-refractivity contribution in [2.24, 2.45) is 10.9 Å². The van der Waals surface area contributed by atoms with Crippen molar-refractivity contribution < 1.29 is 5.21 Å². The molecule has 1 rings (SSSR count). The number of amidine groups is 1. The Bertz CT molecular complexity index is 256. The zero-order valence-corrected chi connectivity index (χ0v) is 7.09. The lowest BCUT2D eigenvalue weighted by Gasteiger charge is -2.02. The normalized spacial score (nSPS) is 11.8. The van der Waals surface area contributed by atoms with Gasteiger partial charge < -0.3 is 16.3 Å². The smallest absolute Gasteiger partial charge is 0.153 e. The Kier molecular flexibility index (Phi) is 3.71. The number of nitrogens with one attached hydrogen (secondary N) is 1. The zero-order valence-electron chi connectivity index (χ0n) is 7.09. The third kappa shape index (κ3) is 3.52. The first kappa shape index (κ1) is 9.46. The minimum Gasteiger partial charge on any atom is -0.409 e. The highest BCUT2D eigenvalue weighted by atomic mass is 16.4. The van der Waals surface area contributed by atoms with E-state index in [2.05, 4.69) is 20.8 Å². The van der Waals surface area contributed by atoms with Gasteiger partial charge in [0, 0.05) is 12.7 Å². The van der Waals surface area contributed by atoms with Crippen molar-refractivity contribution in [1.29, 1.82) is 0 Å². The maximum Gasteiger partial charge on any atom is 0.153 e. The van der Waals surface area contributed by atoms with Gasteiger partial charge in [-0.1, -0.05) is 10.4 Å². The van der Waals surface area contributed by atoms with Crippen molar-refractivity contribution in [3.05, 3.63) is 12.4 Å². The first-order valence-electron chi connectivity index (χ1n) is 3.84. The van der Waals surface area contributed by atoms with Crippen molar-refractivity contribution in [3.8, 4) is 0 Å². The number of hydrogen-bond donors (Lipinski definition) is 3. The molecule has 0 radical (unpaired) electrons. The molecule has 1 aromatic heterocycles. The van der Waals surface area contributed by atoms with Crippen LogP contribution in [0.15, 0.2) is 17.5 Å². The molecule has 0 aliphatic carbocycles. The fraction of sp³-hybridized carbons (Fsp3) is 0.500. The molecule has 0 aromatic carbocycles. The Morgan fingerprint density at radius 3 is 3.15 bits per heavy atom. The van der Waals surface area contributed by atoms with Crippen LogP contribution in [0.3, 0.4) is 0 Å². The van der Waals surface area contributed by atoms with Gasteiger partial charge in [-0.3, -0.25) is 4.68 Å². The quantitative estimate of drug-likeness (QED) is 0.172. The lowest BCUT2D eigenvalue weighted by molar-refractivity contribution is 0.317. The molecule has 0 aliphatic heterocycles. The lowest BCUT2D eigenvalue weighted by Crippen LogP contribution is -2.31. The van der Waals surface area contributed by atoms with Crippen molar-refractivity contribution in [3.63, 3.8) is 0 Å². The Morgan fingerprint density at radius 2 is 2.54 bits per heavy atom. The fourth-order valence-electron chi connectivity index (χ4n) is 0.797. The van der Waals surface area contributed by atoms with E-state index in [0.717, 1.165) is 0 Å². The van der Waals surface area contributed by atoms with Crippen molar-refractivity contribution >= 4 is 5.84 Å². The van der Waals surface area contributed by atoms with Gasteiger partial charge in [-0.05, 0) is 0 Å². The average molecular weight is 184 g/mol. The Morgan fingerprint density at radius 1 is 1.69 bits per heavy atom. The monoisotopic (exact) mass is 184 g/mol. The molecule has 0 spiro atoms. The molecule has 1 heterocycles. The van der Waals surface area contributed by atoms with E-state index >= 15 is 0 Å². The first-order chi connectivity index (χ1) is 6.33. The van der Waals surface area contributed by atoms with E-state index in [0.29, 0.717) is 19.6 Å². The summed E-state index contributed by atoms with van der Waals surface area (Å²) in [6.45, 7) is 1.77. The molecule has 0 atom stereocenters. The number of nitrogens with zero attached hydrogens (tertiary/aromatic N) is 4. The molecule has 7 nitrogen and oxygen atoms in total. The molecule has 1 aromatic rings. The van der Waals surface area contributed by atoms with Gasteiger partial charge in [0.2, 0.25) is 0 Å². The summed E-state index contributed by atoms with van der Waals surface area (Å²) < 4.78 is 1.69. The molecule has 0 fully saturated rings. The second-order valence-electron chi connectivity index (χ2n) is 2.43. The molecule has 0 amide bonds. The van der Waals surface area contributed by atoms with Gasteiger partial charge in [-0.2, -0.15) is 0 Å². The molecule has 4 N–H and O–H groups in total. The van der Waals surface area contributed by atoms with Crippen LogP contribution in [-0.2, 0) is 6.54 Å². The van der Waals surface area contributed by atoms with Crippen molar-refractivity contribution in [1.82, 2.24) is 20.3 Å². The molecule has 7 heteroatoms. The van der Waals surface area contributed by atoms with Gasteiger partial charge >= 0.3 is 0 Å². The van der Waals surface area contributed by atoms with Crippen LogP contribution in [0.25, 0.3) is 0 Å². The fourth-order valence-corrected chi connectivity index (χ4v) is 0.797. The third-order valence-electron chi connectivity index (χ3n) is 1.42. The van der Waals surface area contributed by atoms with Gasteiger partial charge in [0.15, 0.2) is 5.84 Å². The zero-order chi connectivity index (χ0) is 9.52. The molecule has 0 bridgehead atoms. The van der Waals surface area contributed by atoms with E-state index < -0.39 is 0 Å². The molecular formula is C6H12N6O. The standard InChI is InChI=1S/C6H12N6O/c7-6(10-13)5-8-1-3-12-4-2-9-11-12/h2,4,8,13H,1,3,5H2,(H2,7,10). The minimum atomic E-state index is 0.165. The molecular weight excluding hydrogens is 172 g/mol. The Hall–Kier alpha value is -1.63. The van der Waals surface area contributed by atoms with Crippen LogP contribution < -0.4 is 11.1 Å². The average Bonchev–Trinajstić information content (AvgIpc) is 2.64. The van der Waals surface area contributed by atoms with Crippen molar-refractivity contribution in [2.45, 2.75) is 6.54 Å². The summed E-state index contributed by atoms with van der Waals surface area (Å²) >= 11 is 0. The van der Waals surface area contributed by atoms with Gasteiger partial charge in [0.05, 0.1) is 19.3 Å². The summed E-state index contributed by atoms with van der Waals surface area (Å²) in [6, 6.07) is 0. The van der Waals surface area contributed by atoms with Crippen LogP contribution in [0.1, 0.15) is 0 Å². The topological polar surface area (TPSA) is 101 Å². The van der Waals surface area contributed by atoms with E-state index in [1.54, 1.807) is 17.1 Å². The van der Waals surface area contributed by atoms with Gasteiger partial charge in [-0.25, -0.2) is 0 Å². The van der Waals surface area contributed by atoms with E-state index in [4.69, 9.17) is 10.9 Å². The maximum absolute atomic E-state index is 8.21. The molecule has 0 saturated carbocycles. The SMILES string of the molecule is N/C(CNCCn1ccnn1)=N/O. The number of nitrogens with two attached hydrogens (primary N) is 1. The van der Waals surface area contributed by atoms with Crippen LogP contribution in [0, 0.1) is 0 Å². The predicted octanol–water partition coefficient (Wildman–Crippen LogP) is -1.39. The predicted molar refractivity (Wildman–Crippen MR) is 46.3 cm³/mol. The van der Waals surface area contributed by atoms with Gasteiger partial charge in [-0.15, -0.1) is 5.10 Å². The van der Waals surface area contributed by atoms with Gasteiger partial charge in [0.1, 0.15) is 0 Å². The summed E-state index contributed by atoms with van der Waals surface area (Å²) in [5, 5.41) is 21.4. The lowest BCUT2D eigenvalue weighted by atomic mass is 10.5. The molecule has 0 aliphatic rings. The van der Waals surface area contributed by atoms with Crippen LogP contribution in [-0.4, -0.2) is 39.1 Å². The van der Waals surface area contributed by atoms with Crippen LogP contribution in [0.4, 0.5) is 0 Å². The number of oxime groups is 1. The number of aromatic nitrogens is 3. The van der Waals surface area contributed by atoms with E-state index in [1.165, 1.54) is 0 Å². The summed E-state index contributed by atoms with van der Waals surface area (Å²) in [5.74, 6) is 0.165. The molecule has 0 unspecified atom stereocenters. The molecule has 72 valence electrons. The van der Waals surface area contributed by atoms with E-state index in [1.807, 2.05) is 0 Å². The third-order valence-corrected chi connectivity index (χ3v) is 1.42. The Labute approximate surface area is 75.2 Å². The summed E-state index contributed by atoms with van der Waals surface area (Å²) in [5.41, 5.74) is 5.24. The van der Waals surface area contributed by atoms with Crippen LogP contribution in [0.2, 0.25) is 0 Å². The highest BCUT2D eigenvalue weighted by molar-refractivity contribution is 5.81. The summed E-state index contributed by atoms with van der Waals surface area (Å²) in [7, 11) is 0. The number of rotatable bonds is 5. The van der Waals surface area contributed by atoms with E-state index in [9.17, 15) is 0 Å². The first-order valence-corrected chi connectivity index (χ1v) is 3.84. The molecule has 13 heavy (non-hydrogen) atoms.